The summed E-state index contributed by atoms with van der Waals surface area (Å²) in [6, 6.07) is 10.3. The fourth-order valence-corrected chi connectivity index (χ4v) is 2.35. The number of carbonyl (C=O) groups excluding carboxylic acids is 1. The summed E-state index contributed by atoms with van der Waals surface area (Å²) in [6.45, 7) is 2.02. The zero-order chi connectivity index (χ0) is 17.8. The lowest BCUT2D eigenvalue weighted by molar-refractivity contribution is 0.0698. The Balaban J connectivity index is 1.91. The van der Waals surface area contributed by atoms with Gasteiger partial charge in [0.05, 0.1) is 0 Å². The van der Waals surface area contributed by atoms with E-state index in [1.54, 1.807) is 24.3 Å². The summed E-state index contributed by atoms with van der Waals surface area (Å²) in [7, 11) is 0. The van der Waals surface area contributed by atoms with Gasteiger partial charge in [-0.1, -0.05) is 24.2 Å². The van der Waals surface area contributed by atoms with Crippen LogP contribution < -0.4 is 5.32 Å². The topological polar surface area (TPSA) is 105 Å². The van der Waals surface area contributed by atoms with E-state index in [0.717, 1.165) is 12.0 Å². The molecule has 25 heavy (non-hydrogen) atoms. The molecule has 7 heteroatoms. The van der Waals surface area contributed by atoms with Crippen LogP contribution in [0.4, 0.5) is 5.88 Å². The average molecular weight is 337 g/mol. The van der Waals surface area contributed by atoms with Crippen LogP contribution >= 0.6 is 0 Å². The van der Waals surface area contributed by atoms with Gasteiger partial charge in [0, 0.05) is 23.5 Å². The Morgan fingerprint density at radius 3 is 2.40 bits per heavy atom. The number of nitrogens with one attached hydrogen (secondary N) is 1. The Bertz CT molecular complexity index is 902. The Morgan fingerprint density at radius 2 is 1.80 bits per heavy atom. The first-order valence-electron chi connectivity index (χ1n) is 7.63. The highest BCUT2D eigenvalue weighted by atomic mass is 16.5. The number of aromatic carboxylic acids is 1. The molecule has 0 radical (unpaired) electrons. The molecule has 2 heterocycles. The number of rotatable bonds is 5. The highest BCUT2D eigenvalue weighted by Crippen LogP contribution is 2.28. The van der Waals surface area contributed by atoms with Crippen molar-refractivity contribution < 1.29 is 19.2 Å². The van der Waals surface area contributed by atoms with Crippen molar-refractivity contribution in [2.75, 3.05) is 5.32 Å². The number of carbonyl (C=O) groups is 2. The van der Waals surface area contributed by atoms with Crippen molar-refractivity contribution in [1.82, 2.24) is 10.1 Å². The van der Waals surface area contributed by atoms with Crippen LogP contribution in [0.3, 0.4) is 0 Å². The van der Waals surface area contributed by atoms with Gasteiger partial charge in [-0.2, -0.15) is 0 Å². The molecule has 2 aromatic heterocycles. The predicted molar refractivity (Wildman–Crippen MR) is 90.5 cm³/mol. The first-order valence-corrected chi connectivity index (χ1v) is 7.63. The van der Waals surface area contributed by atoms with E-state index in [9.17, 15) is 14.7 Å². The first kappa shape index (κ1) is 16.4. The molecule has 1 aromatic carbocycles. The van der Waals surface area contributed by atoms with Gasteiger partial charge < -0.3 is 9.63 Å². The Labute approximate surface area is 143 Å². The predicted octanol–water partition coefficient (Wildman–Crippen LogP) is 3.25. The highest BCUT2D eigenvalue weighted by Gasteiger charge is 2.25. The second-order valence-corrected chi connectivity index (χ2v) is 5.28. The number of aryl methyl sites for hydroxylation is 1. The van der Waals surface area contributed by atoms with E-state index in [1.807, 2.05) is 19.1 Å². The van der Waals surface area contributed by atoms with Gasteiger partial charge in [0.25, 0.3) is 5.91 Å². The second-order valence-electron chi connectivity index (χ2n) is 5.28. The normalized spacial score (nSPS) is 10.4. The van der Waals surface area contributed by atoms with Gasteiger partial charge in [-0.15, -0.1) is 0 Å². The standard InChI is InChI=1S/C18H15N3O4/c1-2-11-3-5-13(6-4-11)16(22)20-17-14(18(23)24)15(21-25-17)12-7-9-19-10-8-12/h3-10H,2H2,1H3,(H,20,22)(H,23,24). The molecule has 0 saturated heterocycles. The summed E-state index contributed by atoms with van der Waals surface area (Å²) in [6.07, 6.45) is 3.90. The molecule has 0 aliphatic carbocycles. The van der Waals surface area contributed by atoms with Crippen LogP contribution in [0.1, 0.15) is 33.2 Å². The summed E-state index contributed by atoms with van der Waals surface area (Å²) in [5.74, 6) is -1.92. The van der Waals surface area contributed by atoms with Crippen molar-refractivity contribution in [3.05, 3.63) is 65.5 Å². The van der Waals surface area contributed by atoms with Gasteiger partial charge >= 0.3 is 5.97 Å². The van der Waals surface area contributed by atoms with Crippen molar-refractivity contribution in [2.24, 2.45) is 0 Å². The zero-order valence-corrected chi connectivity index (χ0v) is 13.4. The Kier molecular flexibility index (Phi) is 4.56. The minimum atomic E-state index is -1.25. The summed E-state index contributed by atoms with van der Waals surface area (Å²) in [5, 5.41) is 15.7. The lowest BCUT2D eigenvalue weighted by atomic mass is 10.1. The molecule has 0 spiro atoms. The molecule has 0 atom stereocenters. The number of nitrogens with zero attached hydrogens (tertiary/aromatic N) is 2. The minimum absolute atomic E-state index is 0.131. The number of aromatic nitrogens is 2. The molecule has 3 aromatic rings. The average Bonchev–Trinajstić information content (AvgIpc) is 3.06. The molecule has 0 aliphatic rings. The smallest absolute Gasteiger partial charge is 0.343 e. The third-order valence-corrected chi connectivity index (χ3v) is 3.71. The number of carboxylic acids is 1. The summed E-state index contributed by atoms with van der Waals surface area (Å²) in [4.78, 5) is 27.8. The molecule has 0 saturated carbocycles. The zero-order valence-electron chi connectivity index (χ0n) is 13.4. The lowest BCUT2D eigenvalue weighted by Crippen LogP contribution is -2.14. The Morgan fingerprint density at radius 1 is 1.12 bits per heavy atom. The van der Waals surface area contributed by atoms with Crippen LogP contribution in [0.25, 0.3) is 11.3 Å². The molecule has 126 valence electrons. The fraction of sp³-hybridized carbons (Fsp3) is 0.111. The molecule has 3 rings (SSSR count). The van der Waals surface area contributed by atoms with Crippen LogP contribution in [0, 0.1) is 0 Å². The molecule has 0 fully saturated rings. The van der Waals surface area contributed by atoms with E-state index in [1.165, 1.54) is 12.4 Å². The maximum absolute atomic E-state index is 12.3. The summed E-state index contributed by atoms with van der Waals surface area (Å²) in [5.41, 5.74) is 1.96. The van der Waals surface area contributed by atoms with E-state index in [-0.39, 0.29) is 17.1 Å². The SMILES string of the molecule is CCc1ccc(C(=O)Nc2onc(-c3ccncc3)c2C(=O)O)cc1. The summed E-state index contributed by atoms with van der Waals surface area (Å²) >= 11 is 0. The largest absolute Gasteiger partial charge is 0.477 e. The van der Waals surface area contributed by atoms with Crippen molar-refractivity contribution in [3.63, 3.8) is 0 Å². The maximum Gasteiger partial charge on any atom is 0.343 e. The molecule has 1 amide bonds. The van der Waals surface area contributed by atoms with Gasteiger partial charge in [-0.25, -0.2) is 4.79 Å². The van der Waals surface area contributed by atoms with E-state index >= 15 is 0 Å². The first-order chi connectivity index (χ1) is 12.1. The third-order valence-electron chi connectivity index (χ3n) is 3.71. The van der Waals surface area contributed by atoms with Crippen LogP contribution in [0.5, 0.6) is 0 Å². The van der Waals surface area contributed by atoms with Crippen LogP contribution in [-0.2, 0) is 6.42 Å². The van der Waals surface area contributed by atoms with Crippen molar-refractivity contribution in [1.29, 1.82) is 0 Å². The molecular weight excluding hydrogens is 322 g/mol. The third kappa shape index (κ3) is 3.40. The van der Waals surface area contributed by atoms with Crippen molar-refractivity contribution in [3.8, 4) is 11.3 Å². The number of benzene rings is 1. The maximum atomic E-state index is 12.3. The fourth-order valence-electron chi connectivity index (χ4n) is 2.35. The van der Waals surface area contributed by atoms with Crippen LogP contribution in [0.2, 0.25) is 0 Å². The van der Waals surface area contributed by atoms with Gasteiger partial charge in [0.1, 0.15) is 5.69 Å². The van der Waals surface area contributed by atoms with Gasteiger partial charge in [0.2, 0.25) is 5.88 Å². The summed E-state index contributed by atoms with van der Waals surface area (Å²) < 4.78 is 5.07. The van der Waals surface area contributed by atoms with E-state index in [0.29, 0.717) is 11.1 Å². The quantitative estimate of drug-likeness (QED) is 0.740. The van der Waals surface area contributed by atoms with E-state index in [4.69, 9.17) is 4.52 Å². The number of hydrogen-bond donors (Lipinski definition) is 2. The number of anilines is 1. The number of hydrogen-bond acceptors (Lipinski definition) is 5. The van der Waals surface area contributed by atoms with Crippen molar-refractivity contribution in [2.45, 2.75) is 13.3 Å². The number of amides is 1. The van der Waals surface area contributed by atoms with Gasteiger partial charge in [-0.3, -0.25) is 15.1 Å². The van der Waals surface area contributed by atoms with Gasteiger partial charge in [-0.05, 0) is 36.2 Å². The molecule has 7 nitrogen and oxygen atoms in total. The molecule has 0 aliphatic heterocycles. The minimum Gasteiger partial charge on any atom is -0.477 e. The van der Waals surface area contributed by atoms with Gasteiger partial charge in [0.15, 0.2) is 5.56 Å². The van der Waals surface area contributed by atoms with Crippen molar-refractivity contribution >= 4 is 17.8 Å². The molecular formula is C18H15N3O4. The van der Waals surface area contributed by atoms with Crippen LogP contribution in [-0.4, -0.2) is 27.1 Å². The van der Waals surface area contributed by atoms with Crippen LogP contribution in [0.15, 0.2) is 53.3 Å². The molecule has 0 bridgehead atoms. The number of carboxylic acid groups (broad SMARTS) is 1. The molecule has 0 unspecified atom stereocenters. The van der Waals surface area contributed by atoms with E-state index < -0.39 is 11.9 Å². The monoisotopic (exact) mass is 337 g/mol. The second kappa shape index (κ2) is 6.96. The van der Waals surface area contributed by atoms with E-state index in [2.05, 4.69) is 15.5 Å². The Hall–Kier alpha value is -3.48. The lowest BCUT2D eigenvalue weighted by Gasteiger charge is -2.04. The number of pyridine rings is 1. The molecule has 2 N–H and O–H groups in total. The highest BCUT2D eigenvalue weighted by molar-refractivity contribution is 6.08.